The van der Waals surface area contributed by atoms with Crippen LogP contribution in [0.5, 0.6) is 0 Å². The van der Waals surface area contributed by atoms with Crippen molar-refractivity contribution in [2.24, 2.45) is 0 Å². The summed E-state index contributed by atoms with van der Waals surface area (Å²) in [7, 11) is 0. The second kappa shape index (κ2) is 5.83. The average Bonchev–Trinajstić information content (AvgIpc) is 2.95. The van der Waals surface area contributed by atoms with Crippen molar-refractivity contribution in [2.75, 3.05) is 11.1 Å². The van der Waals surface area contributed by atoms with Gasteiger partial charge in [-0.25, -0.2) is 0 Å². The van der Waals surface area contributed by atoms with Gasteiger partial charge >= 0.3 is 0 Å². The summed E-state index contributed by atoms with van der Waals surface area (Å²) in [4.78, 5) is 15.7. The summed E-state index contributed by atoms with van der Waals surface area (Å²) in [6.45, 7) is 5.83. The number of amides is 1. The maximum absolute atomic E-state index is 11.7. The number of anilines is 1. The molecule has 0 unspecified atom stereocenters. The van der Waals surface area contributed by atoms with Crippen molar-refractivity contribution in [1.82, 2.24) is 29.9 Å². The standard InChI is InChI=1S/C10H15N7OS/c1-6(2)17-5-11-16-10(17)19-4-8(18)13-9-12-7(3)14-15-9/h5-6H,4H2,1-3H3,(H2,12,13,14,15,18). The van der Waals surface area contributed by atoms with Gasteiger partial charge in [0, 0.05) is 6.04 Å². The minimum Gasteiger partial charge on any atom is -0.306 e. The first-order valence-electron chi connectivity index (χ1n) is 5.77. The number of hydrogen-bond acceptors (Lipinski definition) is 6. The molecule has 0 aliphatic rings. The highest BCUT2D eigenvalue weighted by Crippen LogP contribution is 2.18. The van der Waals surface area contributed by atoms with Crippen LogP contribution in [0.3, 0.4) is 0 Å². The Hall–Kier alpha value is -1.90. The molecule has 0 saturated heterocycles. The van der Waals surface area contributed by atoms with Gasteiger partial charge in [-0.3, -0.25) is 15.2 Å². The smallest absolute Gasteiger partial charge is 0.248 e. The summed E-state index contributed by atoms with van der Waals surface area (Å²) in [5, 5.41) is 17.6. The van der Waals surface area contributed by atoms with Gasteiger partial charge in [0.25, 0.3) is 0 Å². The fraction of sp³-hybridized carbons (Fsp3) is 0.500. The Morgan fingerprint density at radius 2 is 2.37 bits per heavy atom. The van der Waals surface area contributed by atoms with E-state index in [-0.39, 0.29) is 23.7 Å². The zero-order chi connectivity index (χ0) is 13.8. The first-order valence-corrected chi connectivity index (χ1v) is 6.76. The van der Waals surface area contributed by atoms with Crippen molar-refractivity contribution in [3.63, 3.8) is 0 Å². The van der Waals surface area contributed by atoms with Crippen LogP contribution in [-0.4, -0.2) is 41.6 Å². The van der Waals surface area contributed by atoms with Crippen molar-refractivity contribution in [3.8, 4) is 0 Å². The van der Waals surface area contributed by atoms with E-state index in [1.54, 1.807) is 13.3 Å². The molecule has 0 atom stereocenters. The molecule has 102 valence electrons. The monoisotopic (exact) mass is 281 g/mol. The summed E-state index contributed by atoms with van der Waals surface area (Å²) in [5.74, 6) is 0.997. The minimum atomic E-state index is -0.178. The predicted octanol–water partition coefficient (Wildman–Crippen LogP) is 1.02. The van der Waals surface area contributed by atoms with E-state index >= 15 is 0 Å². The molecular weight excluding hydrogens is 266 g/mol. The van der Waals surface area contributed by atoms with E-state index in [1.807, 2.05) is 18.4 Å². The van der Waals surface area contributed by atoms with Gasteiger partial charge in [-0.05, 0) is 20.8 Å². The van der Waals surface area contributed by atoms with Crippen LogP contribution < -0.4 is 5.32 Å². The molecule has 19 heavy (non-hydrogen) atoms. The largest absolute Gasteiger partial charge is 0.306 e. The van der Waals surface area contributed by atoms with E-state index in [1.165, 1.54) is 11.8 Å². The lowest BCUT2D eigenvalue weighted by Crippen LogP contribution is -2.15. The number of nitrogens with one attached hydrogen (secondary N) is 2. The zero-order valence-electron chi connectivity index (χ0n) is 10.9. The van der Waals surface area contributed by atoms with Crippen molar-refractivity contribution >= 4 is 23.6 Å². The third-order valence-electron chi connectivity index (χ3n) is 2.28. The number of aryl methyl sites for hydroxylation is 1. The van der Waals surface area contributed by atoms with Crippen LogP contribution in [0, 0.1) is 6.92 Å². The van der Waals surface area contributed by atoms with E-state index in [0.717, 1.165) is 5.16 Å². The molecule has 8 nitrogen and oxygen atoms in total. The Balaban J connectivity index is 1.88. The van der Waals surface area contributed by atoms with Gasteiger partial charge in [0.1, 0.15) is 12.2 Å². The van der Waals surface area contributed by atoms with Gasteiger partial charge in [0.2, 0.25) is 11.9 Å². The number of rotatable bonds is 5. The van der Waals surface area contributed by atoms with Crippen LogP contribution in [0.25, 0.3) is 0 Å². The zero-order valence-corrected chi connectivity index (χ0v) is 11.7. The number of carbonyl (C=O) groups excluding carboxylic acids is 1. The van der Waals surface area contributed by atoms with Gasteiger partial charge in [0.15, 0.2) is 5.16 Å². The topological polar surface area (TPSA) is 101 Å². The molecule has 2 rings (SSSR count). The molecule has 0 fully saturated rings. The molecule has 0 aliphatic heterocycles. The molecule has 9 heteroatoms. The van der Waals surface area contributed by atoms with Crippen molar-refractivity contribution in [2.45, 2.75) is 32.0 Å². The van der Waals surface area contributed by atoms with Crippen LogP contribution in [-0.2, 0) is 4.79 Å². The van der Waals surface area contributed by atoms with E-state index in [0.29, 0.717) is 5.82 Å². The molecule has 0 spiro atoms. The van der Waals surface area contributed by atoms with E-state index in [2.05, 4.69) is 30.7 Å². The average molecular weight is 281 g/mol. The van der Waals surface area contributed by atoms with Gasteiger partial charge in [-0.15, -0.1) is 15.3 Å². The number of aromatic nitrogens is 6. The van der Waals surface area contributed by atoms with Gasteiger partial charge in [-0.1, -0.05) is 11.8 Å². The molecule has 0 saturated carbocycles. The summed E-state index contributed by atoms with van der Waals surface area (Å²) in [6.07, 6.45) is 1.66. The van der Waals surface area contributed by atoms with Crippen molar-refractivity contribution in [1.29, 1.82) is 0 Å². The number of aromatic amines is 1. The van der Waals surface area contributed by atoms with Crippen LogP contribution in [0.15, 0.2) is 11.5 Å². The Morgan fingerprint density at radius 3 is 3.00 bits per heavy atom. The molecule has 2 aromatic rings. The predicted molar refractivity (Wildman–Crippen MR) is 70.9 cm³/mol. The fourth-order valence-electron chi connectivity index (χ4n) is 1.38. The molecule has 2 N–H and O–H groups in total. The number of hydrogen-bond donors (Lipinski definition) is 2. The van der Waals surface area contributed by atoms with Crippen LogP contribution in [0.2, 0.25) is 0 Å². The Bertz CT molecular complexity index is 562. The SMILES string of the molecule is Cc1nc(NC(=O)CSc2nncn2C(C)C)n[nH]1. The van der Waals surface area contributed by atoms with Gasteiger partial charge < -0.3 is 4.57 Å². The van der Waals surface area contributed by atoms with E-state index < -0.39 is 0 Å². The van der Waals surface area contributed by atoms with E-state index in [9.17, 15) is 4.79 Å². The highest BCUT2D eigenvalue weighted by atomic mass is 32.2. The second-order valence-corrected chi connectivity index (χ2v) is 5.14. The summed E-state index contributed by atoms with van der Waals surface area (Å²) >= 11 is 1.33. The van der Waals surface area contributed by atoms with Gasteiger partial charge in [-0.2, -0.15) is 4.98 Å². The molecule has 1 amide bonds. The lowest BCUT2D eigenvalue weighted by Gasteiger charge is -2.08. The molecule has 0 bridgehead atoms. The molecule has 0 aromatic carbocycles. The Kier molecular flexibility index (Phi) is 4.15. The third kappa shape index (κ3) is 3.53. The Morgan fingerprint density at radius 1 is 1.58 bits per heavy atom. The molecule has 2 heterocycles. The lowest BCUT2D eigenvalue weighted by molar-refractivity contribution is -0.113. The number of carbonyl (C=O) groups is 1. The van der Waals surface area contributed by atoms with Crippen LogP contribution in [0.1, 0.15) is 25.7 Å². The Labute approximate surface area is 114 Å². The second-order valence-electron chi connectivity index (χ2n) is 4.20. The fourth-order valence-corrected chi connectivity index (χ4v) is 2.22. The molecule has 0 radical (unpaired) electrons. The molecule has 2 aromatic heterocycles. The van der Waals surface area contributed by atoms with Crippen molar-refractivity contribution in [3.05, 3.63) is 12.2 Å². The summed E-state index contributed by atoms with van der Waals surface area (Å²) in [5.41, 5.74) is 0. The first kappa shape index (κ1) is 13.5. The lowest BCUT2D eigenvalue weighted by atomic mass is 10.4. The maximum Gasteiger partial charge on any atom is 0.248 e. The number of nitrogens with zero attached hydrogens (tertiary/aromatic N) is 5. The molecule has 0 aliphatic carbocycles. The first-order chi connectivity index (χ1) is 9.06. The van der Waals surface area contributed by atoms with Crippen LogP contribution >= 0.6 is 11.8 Å². The number of thioether (sulfide) groups is 1. The third-order valence-corrected chi connectivity index (χ3v) is 3.23. The van der Waals surface area contributed by atoms with Crippen LogP contribution in [0.4, 0.5) is 5.95 Å². The minimum absolute atomic E-state index is 0.178. The number of H-pyrrole nitrogens is 1. The quantitative estimate of drug-likeness (QED) is 0.793. The highest BCUT2D eigenvalue weighted by molar-refractivity contribution is 7.99. The van der Waals surface area contributed by atoms with E-state index in [4.69, 9.17) is 0 Å². The normalized spacial score (nSPS) is 10.9. The maximum atomic E-state index is 11.7. The summed E-state index contributed by atoms with van der Waals surface area (Å²) in [6, 6.07) is 0.260. The van der Waals surface area contributed by atoms with Gasteiger partial charge in [0.05, 0.1) is 5.75 Å². The van der Waals surface area contributed by atoms with Crippen molar-refractivity contribution < 1.29 is 4.79 Å². The molecular formula is C10H15N7OS. The summed E-state index contributed by atoms with van der Waals surface area (Å²) < 4.78 is 1.91. The highest BCUT2D eigenvalue weighted by Gasteiger charge is 2.11.